The Labute approximate surface area is 227 Å². The lowest BCUT2D eigenvalue weighted by molar-refractivity contribution is 0.0697. The van der Waals surface area contributed by atoms with Crippen LogP contribution in [0, 0.1) is 6.92 Å². The van der Waals surface area contributed by atoms with Crippen LogP contribution in [0.2, 0.25) is 5.02 Å². The summed E-state index contributed by atoms with van der Waals surface area (Å²) in [6.07, 6.45) is 0. The number of ether oxygens (including phenoxy) is 1. The smallest absolute Gasteiger partial charge is 0.337 e. The number of urea groups is 1. The molecule has 6 nitrogen and oxygen atoms in total. The summed E-state index contributed by atoms with van der Waals surface area (Å²) in [5.74, 6) is 0.0423. The first kappa shape index (κ1) is 26.8. The third-order valence-electron chi connectivity index (χ3n) is 6.07. The average molecular weight is 529 g/mol. The summed E-state index contributed by atoms with van der Waals surface area (Å²) in [6.45, 7) is 8.24. The molecule has 0 atom stereocenters. The quantitative estimate of drug-likeness (QED) is 0.233. The number of carboxylic acid groups (broad SMARTS) is 1. The van der Waals surface area contributed by atoms with E-state index in [0.717, 1.165) is 16.7 Å². The molecule has 0 saturated carbocycles. The number of anilines is 2. The standard InChI is InChI=1S/C31H29ClN2O4/c1-19-9-5-7-11-25(19)33-30(37)34-26-18-21(20-13-15-22(29(35)36)24(32)17-20)14-16-28(26)38-27-12-8-6-10-23(27)31(2,3)4/h5-18H,1-4H3,(H,35,36)(H2,33,34,37). The van der Waals surface area contributed by atoms with Crippen LogP contribution in [0.25, 0.3) is 11.1 Å². The number of nitrogens with one attached hydrogen (secondary N) is 2. The first-order valence-corrected chi connectivity index (χ1v) is 12.5. The minimum Gasteiger partial charge on any atom is -0.478 e. The molecule has 4 rings (SSSR count). The number of hydrogen-bond donors (Lipinski definition) is 3. The van der Waals surface area contributed by atoms with E-state index in [1.807, 2.05) is 61.5 Å². The molecule has 0 aromatic heterocycles. The Hall–Kier alpha value is -4.29. The monoisotopic (exact) mass is 528 g/mol. The SMILES string of the molecule is Cc1ccccc1NC(=O)Nc1cc(-c2ccc(C(=O)O)c(Cl)c2)ccc1Oc1ccccc1C(C)(C)C. The van der Waals surface area contributed by atoms with Crippen molar-refractivity contribution in [2.45, 2.75) is 33.1 Å². The summed E-state index contributed by atoms with van der Waals surface area (Å²) >= 11 is 6.22. The van der Waals surface area contributed by atoms with Crippen molar-refractivity contribution < 1.29 is 19.4 Å². The van der Waals surface area contributed by atoms with Crippen molar-refractivity contribution in [3.05, 3.63) is 107 Å². The Kier molecular flexibility index (Phi) is 7.74. The summed E-state index contributed by atoms with van der Waals surface area (Å²) < 4.78 is 6.36. The second-order valence-corrected chi connectivity index (χ2v) is 10.4. The maximum atomic E-state index is 13.0. The first-order valence-electron chi connectivity index (χ1n) is 12.1. The minimum absolute atomic E-state index is 0.0186. The van der Waals surface area contributed by atoms with Crippen LogP contribution in [0.1, 0.15) is 42.3 Å². The Morgan fingerprint density at radius 1 is 0.789 bits per heavy atom. The van der Waals surface area contributed by atoms with Crippen molar-refractivity contribution in [1.82, 2.24) is 0 Å². The number of aromatic carboxylic acids is 1. The number of rotatable bonds is 6. The summed E-state index contributed by atoms with van der Waals surface area (Å²) in [6, 6.07) is 25.0. The van der Waals surface area contributed by atoms with E-state index in [1.165, 1.54) is 6.07 Å². The van der Waals surface area contributed by atoms with Crippen LogP contribution < -0.4 is 15.4 Å². The van der Waals surface area contributed by atoms with Crippen molar-refractivity contribution >= 4 is 35.0 Å². The number of para-hydroxylation sites is 2. The molecule has 2 amide bonds. The van der Waals surface area contributed by atoms with Crippen LogP contribution in [0.15, 0.2) is 84.9 Å². The van der Waals surface area contributed by atoms with E-state index in [4.69, 9.17) is 16.3 Å². The number of carboxylic acids is 1. The predicted molar refractivity (Wildman–Crippen MR) is 153 cm³/mol. The van der Waals surface area contributed by atoms with Gasteiger partial charge in [-0.1, -0.05) is 80.9 Å². The van der Waals surface area contributed by atoms with Gasteiger partial charge in [0.25, 0.3) is 0 Å². The summed E-state index contributed by atoms with van der Waals surface area (Å²) in [7, 11) is 0. The van der Waals surface area contributed by atoms with E-state index in [-0.39, 0.29) is 16.0 Å². The molecule has 0 spiro atoms. The molecule has 3 N–H and O–H groups in total. The van der Waals surface area contributed by atoms with Gasteiger partial charge in [-0.05, 0) is 65.4 Å². The van der Waals surface area contributed by atoms with Gasteiger partial charge in [0.05, 0.1) is 16.3 Å². The Morgan fingerprint density at radius 2 is 1.42 bits per heavy atom. The number of amides is 2. The lowest BCUT2D eigenvalue weighted by atomic mass is 9.86. The minimum atomic E-state index is -1.10. The zero-order valence-corrected chi connectivity index (χ0v) is 22.4. The molecule has 0 fully saturated rings. The van der Waals surface area contributed by atoms with Crippen molar-refractivity contribution in [1.29, 1.82) is 0 Å². The van der Waals surface area contributed by atoms with Crippen molar-refractivity contribution in [3.63, 3.8) is 0 Å². The molecule has 0 bridgehead atoms. The maximum absolute atomic E-state index is 13.0. The van der Waals surface area contributed by atoms with E-state index in [2.05, 4.69) is 31.4 Å². The molecule has 0 aliphatic carbocycles. The molecule has 0 radical (unpaired) electrons. The topological polar surface area (TPSA) is 87.7 Å². The van der Waals surface area contributed by atoms with Crippen molar-refractivity contribution in [2.75, 3.05) is 10.6 Å². The number of benzene rings is 4. The van der Waals surface area contributed by atoms with E-state index in [0.29, 0.717) is 28.4 Å². The van der Waals surface area contributed by atoms with Crippen molar-refractivity contribution in [2.24, 2.45) is 0 Å². The van der Waals surface area contributed by atoms with E-state index in [1.54, 1.807) is 24.3 Å². The van der Waals surface area contributed by atoms with Gasteiger partial charge in [0.15, 0.2) is 5.75 Å². The van der Waals surface area contributed by atoms with Crippen LogP contribution in [0.4, 0.5) is 16.2 Å². The summed E-state index contributed by atoms with van der Waals surface area (Å²) in [5, 5.41) is 15.2. The van der Waals surface area contributed by atoms with E-state index >= 15 is 0 Å². The zero-order valence-electron chi connectivity index (χ0n) is 21.6. The second kappa shape index (κ2) is 11.0. The second-order valence-electron chi connectivity index (χ2n) is 9.95. The van der Waals surface area contributed by atoms with Crippen LogP contribution in [-0.2, 0) is 5.41 Å². The van der Waals surface area contributed by atoms with Crippen molar-refractivity contribution in [3.8, 4) is 22.6 Å². The molecule has 7 heteroatoms. The highest BCUT2D eigenvalue weighted by molar-refractivity contribution is 6.33. The lowest BCUT2D eigenvalue weighted by Gasteiger charge is -2.23. The molecule has 0 saturated heterocycles. The highest BCUT2D eigenvalue weighted by Gasteiger charge is 2.20. The first-order chi connectivity index (χ1) is 18.0. The Morgan fingerprint density at radius 3 is 2.11 bits per heavy atom. The molecule has 0 aliphatic heterocycles. The molecule has 4 aromatic rings. The lowest BCUT2D eigenvalue weighted by Crippen LogP contribution is -2.20. The highest BCUT2D eigenvalue weighted by Crippen LogP contribution is 2.39. The van der Waals surface area contributed by atoms with Gasteiger partial charge in [0.2, 0.25) is 0 Å². The van der Waals surface area contributed by atoms with Gasteiger partial charge in [-0.3, -0.25) is 0 Å². The number of aryl methyl sites for hydroxylation is 1. The van der Waals surface area contributed by atoms with Gasteiger partial charge >= 0.3 is 12.0 Å². The number of carbonyl (C=O) groups is 2. The van der Waals surface area contributed by atoms with Gasteiger partial charge < -0.3 is 20.5 Å². The number of halogens is 1. The fraction of sp³-hybridized carbons (Fsp3) is 0.161. The normalized spacial score (nSPS) is 11.1. The Balaban J connectivity index is 1.73. The largest absolute Gasteiger partial charge is 0.478 e. The molecule has 4 aromatic carbocycles. The van der Waals surface area contributed by atoms with Crippen LogP contribution in [-0.4, -0.2) is 17.1 Å². The van der Waals surface area contributed by atoms with Crippen LogP contribution in [0.5, 0.6) is 11.5 Å². The van der Waals surface area contributed by atoms with Gasteiger partial charge in [-0.15, -0.1) is 0 Å². The molecular formula is C31H29ClN2O4. The number of carbonyl (C=O) groups excluding carboxylic acids is 1. The van der Waals surface area contributed by atoms with E-state index in [9.17, 15) is 14.7 Å². The molecule has 0 unspecified atom stereocenters. The fourth-order valence-electron chi connectivity index (χ4n) is 4.05. The third kappa shape index (κ3) is 6.15. The Bertz CT molecular complexity index is 1510. The molecule has 0 aliphatic rings. The molecule has 0 heterocycles. The predicted octanol–water partition coefficient (Wildman–Crippen LogP) is 8.75. The zero-order chi connectivity index (χ0) is 27.4. The molecule has 38 heavy (non-hydrogen) atoms. The van der Waals surface area contributed by atoms with Gasteiger partial charge in [0, 0.05) is 11.3 Å². The highest BCUT2D eigenvalue weighted by atomic mass is 35.5. The van der Waals surface area contributed by atoms with Crippen LogP contribution >= 0.6 is 11.6 Å². The molecule has 194 valence electrons. The maximum Gasteiger partial charge on any atom is 0.337 e. The van der Waals surface area contributed by atoms with Gasteiger partial charge in [0.1, 0.15) is 5.75 Å². The fourth-order valence-corrected chi connectivity index (χ4v) is 4.31. The summed E-state index contributed by atoms with van der Waals surface area (Å²) in [4.78, 5) is 24.4. The number of hydrogen-bond acceptors (Lipinski definition) is 3. The summed E-state index contributed by atoms with van der Waals surface area (Å²) in [5.41, 5.74) is 4.37. The third-order valence-corrected chi connectivity index (χ3v) is 6.38. The van der Waals surface area contributed by atoms with Crippen LogP contribution in [0.3, 0.4) is 0 Å². The average Bonchev–Trinajstić information content (AvgIpc) is 2.86. The van der Waals surface area contributed by atoms with Gasteiger partial charge in [-0.2, -0.15) is 0 Å². The van der Waals surface area contributed by atoms with E-state index < -0.39 is 12.0 Å². The molecular weight excluding hydrogens is 500 g/mol. The van der Waals surface area contributed by atoms with Gasteiger partial charge in [-0.25, -0.2) is 9.59 Å².